The van der Waals surface area contributed by atoms with Gasteiger partial charge in [0.05, 0.1) is 6.20 Å². The lowest BCUT2D eigenvalue weighted by atomic mass is 10.1. The number of aryl methyl sites for hydroxylation is 2. The Balaban J connectivity index is 1.88. The Morgan fingerprint density at radius 2 is 2.12 bits per heavy atom. The number of esters is 1. The van der Waals surface area contributed by atoms with Gasteiger partial charge in [-0.05, 0) is 25.0 Å². The number of ether oxygens (including phenoxy) is 1. The number of fused-ring (bicyclic) bond motifs is 1. The standard InChI is InChI=1S/C18H18N2O4/c1-4-12-5-6-14-13(8-17(21)24-16(14)7-12)10-23-18(22)15-9-19-20(3)11(15)2/h5-9H,4,10H2,1-3H3. The average Bonchev–Trinajstić information content (AvgIpc) is 2.91. The van der Waals surface area contributed by atoms with Gasteiger partial charge >= 0.3 is 11.6 Å². The molecule has 0 unspecified atom stereocenters. The summed E-state index contributed by atoms with van der Waals surface area (Å²) in [6.07, 6.45) is 2.32. The second-order valence-corrected chi connectivity index (χ2v) is 5.62. The van der Waals surface area contributed by atoms with E-state index >= 15 is 0 Å². The molecule has 24 heavy (non-hydrogen) atoms. The van der Waals surface area contributed by atoms with Gasteiger partial charge in [-0.15, -0.1) is 0 Å². The molecule has 1 aromatic carbocycles. The summed E-state index contributed by atoms with van der Waals surface area (Å²) in [6, 6.07) is 7.05. The van der Waals surface area contributed by atoms with E-state index < -0.39 is 11.6 Å². The van der Waals surface area contributed by atoms with Crippen LogP contribution in [0.1, 0.15) is 34.1 Å². The number of benzene rings is 1. The predicted molar refractivity (Wildman–Crippen MR) is 88.9 cm³/mol. The number of hydrogen-bond donors (Lipinski definition) is 0. The molecule has 3 rings (SSSR count). The second-order valence-electron chi connectivity index (χ2n) is 5.62. The molecule has 2 heterocycles. The molecule has 0 saturated carbocycles. The van der Waals surface area contributed by atoms with Crippen molar-refractivity contribution in [3.63, 3.8) is 0 Å². The van der Waals surface area contributed by atoms with Crippen LogP contribution in [0.3, 0.4) is 0 Å². The van der Waals surface area contributed by atoms with Gasteiger partial charge in [-0.3, -0.25) is 4.68 Å². The summed E-state index contributed by atoms with van der Waals surface area (Å²) in [5.41, 5.74) is 2.89. The van der Waals surface area contributed by atoms with Crippen molar-refractivity contribution in [1.82, 2.24) is 9.78 Å². The van der Waals surface area contributed by atoms with Crippen LogP contribution in [0.25, 0.3) is 11.0 Å². The van der Waals surface area contributed by atoms with Crippen molar-refractivity contribution < 1.29 is 13.9 Å². The highest BCUT2D eigenvalue weighted by Gasteiger charge is 2.15. The lowest BCUT2D eigenvalue weighted by Crippen LogP contribution is -2.09. The van der Waals surface area contributed by atoms with E-state index in [4.69, 9.17) is 9.15 Å². The van der Waals surface area contributed by atoms with Crippen molar-refractivity contribution in [1.29, 1.82) is 0 Å². The number of nitrogens with zero attached hydrogens (tertiary/aromatic N) is 2. The molecule has 6 heteroatoms. The fraction of sp³-hybridized carbons (Fsp3) is 0.278. The van der Waals surface area contributed by atoms with Gasteiger partial charge in [0.1, 0.15) is 17.8 Å². The molecular formula is C18H18N2O4. The fourth-order valence-electron chi connectivity index (χ4n) is 2.53. The van der Waals surface area contributed by atoms with E-state index in [0.29, 0.717) is 16.7 Å². The van der Waals surface area contributed by atoms with Crippen LogP contribution in [0, 0.1) is 6.92 Å². The Morgan fingerprint density at radius 3 is 2.79 bits per heavy atom. The van der Waals surface area contributed by atoms with Crippen molar-refractivity contribution in [2.24, 2.45) is 7.05 Å². The van der Waals surface area contributed by atoms with Crippen molar-refractivity contribution in [2.45, 2.75) is 26.9 Å². The smallest absolute Gasteiger partial charge is 0.341 e. The maximum absolute atomic E-state index is 12.2. The first-order chi connectivity index (χ1) is 11.5. The topological polar surface area (TPSA) is 74.3 Å². The molecule has 0 spiro atoms. The summed E-state index contributed by atoms with van der Waals surface area (Å²) in [6.45, 7) is 3.82. The molecule has 0 N–H and O–H groups in total. The number of carbonyl (C=O) groups excluding carboxylic acids is 1. The SMILES string of the molecule is CCc1ccc2c(COC(=O)c3cnn(C)c3C)cc(=O)oc2c1. The number of carbonyl (C=O) groups is 1. The van der Waals surface area contributed by atoms with Crippen LogP contribution < -0.4 is 5.63 Å². The number of hydrogen-bond acceptors (Lipinski definition) is 5. The zero-order valence-corrected chi connectivity index (χ0v) is 13.8. The Labute approximate surface area is 138 Å². The quantitative estimate of drug-likeness (QED) is 0.544. The van der Waals surface area contributed by atoms with Crippen molar-refractivity contribution in [2.75, 3.05) is 0 Å². The van der Waals surface area contributed by atoms with Gasteiger partial charge in [-0.2, -0.15) is 5.10 Å². The largest absolute Gasteiger partial charge is 0.457 e. The molecule has 0 atom stereocenters. The van der Waals surface area contributed by atoms with E-state index in [2.05, 4.69) is 5.10 Å². The fourth-order valence-corrected chi connectivity index (χ4v) is 2.53. The summed E-state index contributed by atoms with van der Waals surface area (Å²) >= 11 is 0. The molecule has 0 fully saturated rings. The van der Waals surface area contributed by atoms with E-state index in [1.807, 2.05) is 25.1 Å². The van der Waals surface area contributed by atoms with E-state index in [9.17, 15) is 9.59 Å². The molecule has 0 aliphatic carbocycles. The third kappa shape index (κ3) is 2.95. The highest BCUT2D eigenvalue weighted by Crippen LogP contribution is 2.20. The maximum atomic E-state index is 12.2. The molecule has 2 aromatic heterocycles. The third-order valence-electron chi connectivity index (χ3n) is 4.12. The van der Waals surface area contributed by atoms with Crippen LogP contribution in [0.5, 0.6) is 0 Å². The van der Waals surface area contributed by atoms with E-state index in [1.54, 1.807) is 18.7 Å². The first-order valence-corrected chi connectivity index (χ1v) is 7.71. The van der Waals surface area contributed by atoms with E-state index in [0.717, 1.165) is 23.1 Å². The lowest BCUT2D eigenvalue weighted by Gasteiger charge is -2.08. The van der Waals surface area contributed by atoms with Crippen LogP contribution in [-0.4, -0.2) is 15.7 Å². The molecule has 3 aromatic rings. The van der Waals surface area contributed by atoms with Gasteiger partial charge in [0, 0.05) is 29.8 Å². The highest BCUT2D eigenvalue weighted by atomic mass is 16.5. The van der Waals surface area contributed by atoms with Crippen LogP contribution in [0.2, 0.25) is 0 Å². The second kappa shape index (κ2) is 6.31. The molecule has 0 saturated heterocycles. The molecule has 0 radical (unpaired) electrons. The van der Waals surface area contributed by atoms with Crippen LogP contribution in [0.15, 0.2) is 39.7 Å². The third-order valence-corrected chi connectivity index (χ3v) is 4.12. The maximum Gasteiger partial charge on any atom is 0.341 e. The Kier molecular flexibility index (Phi) is 4.20. The van der Waals surface area contributed by atoms with Crippen LogP contribution in [0.4, 0.5) is 0 Å². The van der Waals surface area contributed by atoms with E-state index in [1.165, 1.54) is 12.3 Å². The molecule has 0 aliphatic rings. The molecule has 0 aliphatic heterocycles. The lowest BCUT2D eigenvalue weighted by molar-refractivity contribution is 0.0473. The first kappa shape index (κ1) is 16.0. The zero-order valence-electron chi connectivity index (χ0n) is 13.8. The normalized spacial score (nSPS) is 11.0. The van der Waals surface area contributed by atoms with Gasteiger partial charge in [0.2, 0.25) is 0 Å². The first-order valence-electron chi connectivity index (χ1n) is 7.71. The molecule has 6 nitrogen and oxygen atoms in total. The van der Waals surface area contributed by atoms with Gasteiger partial charge in [-0.1, -0.05) is 19.1 Å². The molecule has 0 bridgehead atoms. The van der Waals surface area contributed by atoms with E-state index in [-0.39, 0.29) is 6.61 Å². The molecule has 124 valence electrons. The minimum absolute atomic E-state index is 0.000733. The Morgan fingerprint density at radius 1 is 1.33 bits per heavy atom. The predicted octanol–water partition coefficient (Wildman–Crippen LogP) is 2.75. The van der Waals surface area contributed by atoms with Crippen molar-refractivity contribution in [3.8, 4) is 0 Å². The summed E-state index contributed by atoms with van der Waals surface area (Å²) < 4.78 is 12.2. The Bertz CT molecular complexity index is 969. The summed E-state index contributed by atoms with van der Waals surface area (Å²) in [7, 11) is 1.76. The van der Waals surface area contributed by atoms with Crippen molar-refractivity contribution in [3.05, 3.63) is 63.3 Å². The van der Waals surface area contributed by atoms with Gasteiger partial charge in [0.15, 0.2) is 0 Å². The monoisotopic (exact) mass is 326 g/mol. The van der Waals surface area contributed by atoms with Crippen LogP contribution in [-0.2, 0) is 24.8 Å². The zero-order chi connectivity index (χ0) is 17.3. The number of rotatable bonds is 4. The van der Waals surface area contributed by atoms with Crippen molar-refractivity contribution >= 4 is 16.9 Å². The van der Waals surface area contributed by atoms with Gasteiger partial charge in [-0.25, -0.2) is 9.59 Å². The van der Waals surface area contributed by atoms with Crippen LogP contribution >= 0.6 is 0 Å². The minimum Gasteiger partial charge on any atom is -0.457 e. The number of aromatic nitrogens is 2. The summed E-state index contributed by atoms with van der Waals surface area (Å²) in [5, 5.41) is 4.79. The Hall–Kier alpha value is -2.89. The summed E-state index contributed by atoms with van der Waals surface area (Å²) in [4.78, 5) is 24.0. The van der Waals surface area contributed by atoms with Gasteiger partial charge in [0.25, 0.3) is 0 Å². The summed E-state index contributed by atoms with van der Waals surface area (Å²) in [5.74, 6) is -0.466. The van der Waals surface area contributed by atoms with Gasteiger partial charge < -0.3 is 9.15 Å². The molecular weight excluding hydrogens is 308 g/mol. The average molecular weight is 326 g/mol. The molecule has 0 amide bonds. The highest BCUT2D eigenvalue weighted by molar-refractivity contribution is 5.90. The minimum atomic E-state index is -0.466.